The molecule has 0 spiro atoms. The maximum absolute atomic E-state index is 12.7. The molecule has 0 fully saturated rings. The molecule has 0 aliphatic heterocycles. The Kier molecular flexibility index (Phi) is 6.59. The van der Waals surface area contributed by atoms with E-state index in [0.29, 0.717) is 22.3 Å². The first-order valence-electron chi connectivity index (χ1n) is 8.15. The van der Waals surface area contributed by atoms with Gasteiger partial charge in [-0.3, -0.25) is 4.79 Å². The first-order valence-corrected chi connectivity index (χ1v) is 8.53. The van der Waals surface area contributed by atoms with E-state index >= 15 is 0 Å². The van der Waals surface area contributed by atoms with Gasteiger partial charge >= 0.3 is 5.97 Å². The first kappa shape index (κ1) is 19.0. The average molecular weight is 361 g/mol. The van der Waals surface area contributed by atoms with Gasteiger partial charge in [0.15, 0.2) is 0 Å². The molecule has 0 heterocycles. The molecule has 0 saturated heterocycles. The van der Waals surface area contributed by atoms with Crippen LogP contribution < -0.4 is 4.74 Å². The lowest BCUT2D eigenvalue weighted by Crippen LogP contribution is -2.37. The molecule has 0 radical (unpaired) electrons. The Morgan fingerprint density at radius 2 is 1.60 bits per heavy atom. The topological polar surface area (TPSA) is 52.6 Å². The molecule has 2 aromatic carbocycles. The van der Waals surface area contributed by atoms with Crippen LogP contribution in [0, 0.1) is 0 Å². The molecule has 0 N–H and O–H groups in total. The van der Waals surface area contributed by atoms with Crippen LogP contribution in [-0.2, 0) is 9.53 Å². The fraction of sp³-hybridized carbons (Fsp3) is 0.300. The maximum Gasteiger partial charge on any atom is 0.355 e. The highest BCUT2D eigenvalue weighted by Gasteiger charge is 2.31. The van der Waals surface area contributed by atoms with Crippen molar-refractivity contribution in [2.45, 2.75) is 32.8 Å². The number of hydrogen-bond acceptors (Lipinski definition) is 4. The molecule has 25 heavy (non-hydrogen) atoms. The van der Waals surface area contributed by atoms with E-state index in [0.717, 1.165) is 5.56 Å². The van der Waals surface area contributed by atoms with Gasteiger partial charge in [-0.05, 0) is 54.8 Å². The number of benzene rings is 2. The largest absolute Gasteiger partial charge is 0.470 e. The second-order valence-corrected chi connectivity index (χ2v) is 6.28. The van der Waals surface area contributed by atoms with Crippen LogP contribution in [0.4, 0.5) is 0 Å². The van der Waals surface area contributed by atoms with Gasteiger partial charge in [0.1, 0.15) is 5.75 Å². The van der Waals surface area contributed by atoms with Gasteiger partial charge < -0.3 is 9.47 Å². The van der Waals surface area contributed by atoms with E-state index in [-0.39, 0.29) is 6.61 Å². The molecule has 0 aromatic heterocycles. The van der Waals surface area contributed by atoms with Crippen molar-refractivity contribution in [1.82, 2.24) is 0 Å². The van der Waals surface area contributed by atoms with Gasteiger partial charge in [0.05, 0.1) is 6.61 Å². The Bertz CT molecular complexity index is 720. The number of ketones is 1. The van der Waals surface area contributed by atoms with E-state index in [9.17, 15) is 9.59 Å². The van der Waals surface area contributed by atoms with E-state index in [1.165, 1.54) is 0 Å². The fourth-order valence-electron chi connectivity index (χ4n) is 2.26. The predicted molar refractivity (Wildman–Crippen MR) is 97.4 cm³/mol. The Morgan fingerprint density at radius 3 is 2.12 bits per heavy atom. The van der Waals surface area contributed by atoms with Crippen LogP contribution in [0.2, 0.25) is 5.02 Å². The van der Waals surface area contributed by atoms with Crippen molar-refractivity contribution in [3.63, 3.8) is 0 Å². The van der Waals surface area contributed by atoms with Gasteiger partial charge in [0.2, 0.25) is 5.78 Å². The van der Waals surface area contributed by atoms with Crippen molar-refractivity contribution < 1.29 is 19.1 Å². The highest BCUT2D eigenvalue weighted by Crippen LogP contribution is 2.21. The first-order chi connectivity index (χ1) is 11.9. The standard InChI is InChI=1S/C20H21ClO4/c1-4-24-20(23)19(18(22)15-5-9-16(21)10-6-15)25-17-11-7-14(8-12-17)13(2)3/h5-13,19H,4H2,1-3H3. The molecule has 0 amide bonds. The second kappa shape index (κ2) is 8.67. The summed E-state index contributed by atoms with van der Waals surface area (Å²) in [5, 5.41) is 0.509. The zero-order chi connectivity index (χ0) is 18.4. The Balaban J connectivity index is 2.24. The fourth-order valence-corrected chi connectivity index (χ4v) is 2.39. The molecule has 2 rings (SSSR count). The lowest BCUT2D eigenvalue weighted by atomic mass is 10.0. The Hall–Kier alpha value is -2.33. The van der Waals surface area contributed by atoms with E-state index in [4.69, 9.17) is 21.1 Å². The van der Waals surface area contributed by atoms with Crippen LogP contribution in [0.5, 0.6) is 5.75 Å². The monoisotopic (exact) mass is 360 g/mol. The molecular weight excluding hydrogens is 340 g/mol. The number of carbonyl (C=O) groups is 2. The molecule has 1 unspecified atom stereocenters. The van der Waals surface area contributed by atoms with Crippen LogP contribution in [0.1, 0.15) is 42.6 Å². The highest BCUT2D eigenvalue weighted by atomic mass is 35.5. The second-order valence-electron chi connectivity index (χ2n) is 5.84. The summed E-state index contributed by atoms with van der Waals surface area (Å²) in [5.74, 6) is -0.367. The summed E-state index contributed by atoms with van der Waals surface area (Å²) in [6.07, 6.45) is -1.36. The number of hydrogen-bond donors (Lipinski definition) is 0. The molecule has 2 aromatic rings. The molecule has 0 aliphatic rings. The molecule has 0 bridgehead atoms. The number of esters is 1. The van der Waals surface area contributed by atoms with Gasteiger partial charge in [0.25, 0.3) is 6.10 Å². The molecule has 5 heteroatoms. The third-order valence-electron chi connectivity index (χ3n) is 3.67. The molecule has 1 atom stereocenters. The quantitative estimate of drug-likeness (QED) is 0.409. The predicted octanol–water partition coefficient (Wildman–Crippen LogP) is 4.66. The van der Waals surface area contributed by atoms with E-state index in [1.54, 1.807) is 43.3 Å². The van der Waals surface area contributed by atoms with Crippen molar-refractivity contribution in [3.8, 4) is 5.75 Å². The normalized spacial score (nSPS) is 11.9. The lowest BCUT2D eigenvalue weighted by Gasteiger charge is -2.17. The lowest BCUT2D eigenvalue weighted by molar-refractivity contribution is -0.149. The number of ether oxygens (including phenoxy) is 2. The van der Waals surface area contributed by atoms with Gasteiger partial charge in [0, 0.05) is 10.6 Å². The molecule has 132 valence electrons. The van der Waals surface area contributed by atoms with Crippen LogP contribution >= 0.6 is 11.6 Å². The Morgan fingerprint density at radius 1 is 1.00 bits per heavy atom. The van der Waals surface area contributed by atoms with E-state index in [1.807, 2.05) is 12.1 Å². The van der Waals surface area contributed by atoms with Crippen molar-refractivity contribution in [2.24, 2.45) is 0 Å². The Labute approximate surface area is 152 Å². The summed E-state index contributed by atoms with van der Waals surface area (Å²) in [4.78, 5) is 24.9. The van der Waals surface area contributed by atoms with Crippen molar-refractivity contribution in [2.75, 3.05) is 6.61 Å². The summed E-state index contributed by atoms with van der Waals surface area (Å²) in [5.41, 5.74) is 1.48. The van der Waals surface area contributed by atoms with Crippen LogP contribution in [-0.4, -0.2) is 24.5 Å². The molecule has 4 nitrogen and oxygen atoms in total. The smallest absolute Gasteiger partial charge is 0.355 e. The SMILES string of the molecule is CCOC(=O)C(Oc1ccc(C(C)C)cc1)C(=O)c1ccc(Cl)cc1. The van der Waals surface area contributed by atoms with Gasteiger partial charge in [-0.2, -0.15) is 0 Å². The molecule has 0 saturated carbocycles. The zero-order valence-corrected chi connectivity index (χ0v) is 15.2. The van der Waals surface area contributed by atoms with Crippen molar-refractivity contribution in [3.05, 3.63) is 64.7 Å². The number of halogens is 1. The van der Waals surface area contributed by atoms with E-state index < -0.39 is 17.9 Å². The van der Waals surface area contributed by atoms with Crippen LogP contribution in [0.3, 0.4) is 0 Å². The summed E-state index contributed by atoms with van der Waals surface area (Å²) >= 11 is 5.84. The average Bonchev–Trinajstić information content (AvgIpc) is 2.60. The minimum absolute atomic E-state index is 0.166. The van der Waals surface area contributed by atoms with Gasteiger partial charge in [-0.15, -0.1) is 0 Å². The zero-order valence-electron chi connectivity index (χ0n) is 14.5. The van der Waals surface area contributed by atoms with Crippen molar-refractivity contribution >= 4 is 23.4 Å². The van der Waals surface area contributed by atoms with Gasteiger partial charge in [-0.1, -0.05) is 37.6 Å². The minimum atomic E-state index is -1.36. The summed E-state index contributed by atoms with van der Waals surface area (Å²) in [6, 6.07) is 13.6. The minimum Gasteiger partial charge on any atom is -0.470 e. The third-order valence-corrected chi connectivity index (χ3v) is 3.92. The summed E-state index contributed by atoms with van der Waals surface area (Å²) < 4.78 is 10.6. The van der Waals surface area contributed by atoms with Crippen molar-refractivity contribution in [1.29, 1.82) is 0 Å². The molecular formula is C20H21ClO4. The van der Waals surface area contributed by atoms with Crippen LogP contribution in [0.15, 0.2) is 48.5 Å². The number of rotatable bonds is 7. The summed E-state index contributed by atoms with van der Waals surface area (Å²) in [7, 11) is 0. The summed E-state index contributed by atoms with van der Waals surface area (Å²) in [6.45, 7) is 6.01. The maximum atomic E-state index is 12.7. The van der Waals surface area contributed by atoms with Gasteiger partial charge in [-0.25, -0.2) is 4.79 Å². The number of Topliss-reactive ketones (excluding diaryl/α,β-unsaturated/α-hetero) is 1. The third kappa shape index (κ3) is 5.07. The van der Waals surface area contributed by atoms with E-state index in [2.05, 4.69) is 13.8 Å². The number of carbonyl (C=O) groups excluding carboxylic acids is 2. The highest BCUT2D eigenvalue weighted by molar-refractivity contribution is 6.30. The van der Waals surface area contributed by atoms with Crippen LogP contribution in [0.25, 0.3) is 0 Å². The molecule has 0 aliphatic carbocycles.